The Morgan fingerprint density at radius 2 is 2.31 bits per heavy atom. The van der Waals surface area contributed by atoms with Gasteiger partial charge in [0.25, 0.3) is 0 Å². The summed E-state index contributed by atoms with van der Waals surface area (Å²) in [5.74, 6) is 2.80. The Hall–Kier alpha value is -1.10. The lowest BCUT2D eigenvalue weighted by atomic mass is 10.2. The van der Waals surface area contributed by atoms with Crippen molar-refractivity contribution in [3.05, 3.63) is 5.82 Å². The van der Waals surface area contributed by atoms with Crippen LogP contribution in [0.5, 0.6) is 0 Å². The number of nitrogens with zero attached hydrogens (tertiary/aromatic N) is 3. The Morgan fingerprint density at radius 3 is 3.06 bits per heavy atom. The Bertz CT molecular complexity index is 357. The molecular weight excluding hydrogens is 202 g/mol. The quantitative estimate of drug-likeness (QED) is 0.783. The van der Waals surface area contributed by atoms with Gasteiger partial charge < -0.3 is 10.2 Å². The van der Waals surface area contributed by atoms with E-state index >= 15 is 0 Å². The van der Waals surface area contributed by atoms with E-state index in [1.807, 2.05) is 0 Å². The first-order valence-corrected chi connectivity index (χ1v) is 6.21. The molecule has 16 heavy (non-hydrogen) atoms. The fourth-order valence-electron chi connectivity index (χ4n) is 2.23. The summed E-state index contributed by atoms with van der Waals surface area (Å²) in [5, 5.41) is 10.8. The number of aromatic nitrogens is 3. The standard InChI is InChI=1S/C11H19N5/c1-8-7-16(5-4-12-8)11-13-10(14-15-11)6-9-2-3-9/h8-9,12H,2-7H2,1H3,(H,13,14,15)/t8-/m1/s1. The SMILES string of the molecule is C[C@@H]1CN(c2n[nH]c(CC3CC3)n2)CCN1. The Morgan fingerprint density at radius 1 is 1.44 bits per heavy atom. The summed E-state index contributed by atoms with van der Waals surface area (Å²) in [6.07, 6.45) is 3.80. The van der Waals surface area contributed by atoms with E-state index in [0.29, 0.717) is 6.04 Å². The normalized spacial score (nSPS) is 26.1. The molecule has 0 unspecified atom stereocenters. The third kappa shape index (κ3) is 2.19. The largest absolute Gasteiger partial charge is 0.337 e. The number of anilines is 1. The Balaban J connectivity index is 1.65. The van der Waals surface area contributed by atoms with Crippen molar-refractivity contribution in [2.45, 2.75) is 32.2 Å². The van der Waals surface area contributed by atoms with Crippen LogP contribution in [0.15, 0.2) is 0 Å². The van der Waals surface area contributed by atoms with E-state index in [0.717, 1.165) is 43.7 Å². The summed E-state index contributed by atoms with van der Waals surface area (Å²) in [7, 11) is 0. The maximum absolute atomic E-state index is 4.58. The van der Waals surface area contributed by atoms with E-state index in [4.69, 9.17) is 0 Å². The van der Waals surface area contributed by atoms with Crippen LogP contribution in [-0.2, 0) is 6.42 Å². The molecule has 2 heterocycles. The van der Waals surface area contributed by atoms with E-state index < -0.39 is 0 Å². The second kappa shape index (κ2) is 4.05. The summed E-state index contributed by atoms with van der Waals surface area (Å²) in [6, 6.07) is 0.527. The molecule has 88 valence electrons. The van der Waals surface area contributed by atoms with Crippen LogP contribution in [0, 0.1) is 5.92 Å². The minimum Gasteiger partial charge on any atom is -0.337 e. The molecule has 0 amide bonds. The Labute approximate surface area is 95.6 Å². The minimum atomic E-state index is 0.527. The van der Waals surface area contributed by atoms with Gasteiger partial charge in [-0.05, 0) is 25.7 Å². The van der Waals surface area contributed by atoms with Gasteiger partial charge in [-0.1, -0.05) is 0 Å². The minimum absolute atomic E-state index is 0.527. The van der Waals surface area contributed by atoms with Crippen LogP contribution in [0.2, 0.25) is 0 Å². The first-order chi connectivity index (χ1) is 7.81. The zero-order chi connectivity index (χ0) is 11.0. The molecule has 1 saturated carbocycles. The van der Waals surface area contributed by atoms with Crippen molar-refractivity contribution < 1.29 is 0 Å². The van der Waals surface area contributed by atoms with Crippen molar-refractivity contribution in [3.63, 3.8) is 0 Å². The average molecular weight is 221 g/mol. The molecule has 2 aliphatic rings. The second-order valence-electron chi connectivity index (χ2n) is 5.03. The van der Waals surface area contributed by atoms with Gasteiger partial charge in [0.1, 0.15) is 5.82 Å². The van der Waals surface area contributed by atoms with Gasteiger partial charge in [-0.15, -0.1) is 5.10 Å². The van der Waals surface area contributed by atoms with E-state index in [1.165, 1.54) is 12.8 Å². The molecule has 5 nitrogen and oxygen atoms in total. The number of piperazine rings is 1. The monoisotopic (exact) mass is 221 g/mol. The zero-order valence-electron chi connectivity index (χ0n) is 9.74. The molecule has 0 spiro atoms. The van der Waals surface area contributed by atoms with Crippen LogP contribution < -0.4 is 10.2 Å². The maximum atomic E-state index is 4.58. The summed E-state index contributed by atoms with van der Waals surface area (Å²) >= 11 is 0. The van der Waals surface area contributed by atoms with Crippen molar-refractivity contribution in [1.82, 2.24) is 20.5 Å². The third-order valence-corrected chi connectivity index (χ3v) is 3.35. The van der Waals surface area contributed by atoms with Gasteiger partial charge in [0.15, 0.2) is 0 Å². The number of hydrogen-bond donors (Lipinski definition) is 2. The number of hydrogen-bond acceptors (Lipinski definition) is 4. The first-order valence-electron chi connectivity index (χ1n) is 6.21. The molecule has 1 aromatic heterocycles. The molecule has 1 atom stereocenters. The van der Waals surface area contributed by atoms with Gasteiger partial charge in [-0.25, -0.2) is 0 Å². The maximum Gasteiger partial charge on any atom is 0.244 e. The molecule has 1 saturated heterocycles. The highest BCUT2D eigenvalue weighted by molar-refractivity contribution is 5.30. The van der Waals surface area contributed by atoms with Gasteiger partial charge in [-0.3, -0.25) is 5.10 Å². The van der Waals surface area contributed by atoms with Crippen molar-refractivity contribution in [2.75, 3.05) is 24.5 Å². The topological polar surface area (TPSA) is 56.8 Å². The van der Waals surface area contributed by atoms with E-state index in [9.17, 15) is 0 Å². The number of aromatic amines is 1. The van der Waals surface area contributed by atoms with Gasteiger partial charge >= 0.3 is 0 Å². The molecule has 0 aromatic carbocycles. The van der Waals surface area contributed by atoms with Crippen LogP contribution in [0.25, 0.3) is 0 Å². The molecule has 1 aromatic rings. The third-order valence-electron chi connectivity index (χ3n) is 3.35. The van der Waals surface area contributed by atoms with Crippen molar-refractivity contribution in [2.24, 2.45) is 5.92 Å². The highest BCUT2D eigenvalue weighted by Crippen LogP contribution is 2.31. The fourth-order valence-corrected chi connectivity index (χ4v) is 2.23. The predicted octanol–water partition coefficient (Wildman–Crippen LogP) is 0.555. The highest BCUT2D eigenvalue weighted by atomic mass is 15.4. The first kappa shape index (κ1) is 10.1. The summed E-state index contributed by atoms with van der Waals surface area (Å²) in [5.41, 5.74) is 0. The van der Waals surface area contributed by atoms with E-state index in [-0.39, 0.29) is 0 Å². The van der Waals surface area contributed by atoms with Gasteiger partial charge in [0.05, 0.1) is 0 Å². The van der Waals surface area contributed by atoms with Crippen molar-refractivity contribution >= 4 is 5.95 Å². The van der Waals surface area contributed by atoms with Crippen LogP contribution in [0.1, 0.15) is 25.6 Å². The van der Waals surface area contributed by atoms with Crippen molar-refractivity contribution in [1.29, 1.82) is 0 Å². The molecular formula is C11H19N5. The van der Waals surface area contributed by atoms with Gasteiger partial charge in [0.2, 0.25) is 5.95 Å². The molecule has 1 aliphatic heterocycles. The summed E-state index contributed by atoms with van der Waals surface area (Å²) < 4.78 is 0. The van der Waals surface area contributed by atoms with Crippen molar-refractivity contribution in [3.8, 4) is 0 Å². The average Bonchev–Trinajstić information content (AvgIpc) is 2.94. The van der Waals surface area contributed by atoms with Crippen LogP contribution in [-0.4, -0.2) is 40.9 Å². The Kier molecular flexibility index (Phi) is 2.55. The fraction of sp³-hybridized carbons (Fsp3) is 0.818. The molecule has 3 rings (SSSR count). The summed E-state index contributed by atoms with van der Waals surface area (Å²) in [4.78, 5) is 6.84. The van der Waals surface area contributed by atoms with Gasteiger partial charge in [-0.2, -0.15) is 4.98 Å². The van der Waals surface area contributed by atoms with E-state index in [2.05, 4.69) is 32.3 Å². The lowest BCUT2D eigenvalue weighted by Gasteiger charge is -2.30. The lowest BCUT2D eigenvalue weighted by Crippen LogP contribution is -2.49. The molecule has 5 heteroatoms. The lowest BCUT2D eigenvalue weighted by molar-refractivity contribution is 0.479. The van der Waals surface area contributed by atoms with E-state index in [1.54, 1.807) is 0 Å². The molecule has 2 fully saturated rings. The molecule has 0 bridgehead atoms. The molecule has 2 N–H and O–H groups in total. The summed E-state index contributed by atoms with van der Waals surface area (Å²) in [6.45, 7) is 5.23. The van der Waals surface area contributed by atoms with Crippen LogP contribution >= 0.6 is 0 Å². The predicted molar refractivity (Wildman–Crippen MR) is 62.5 cm³/mol. The molecule has 1 aliphatic carbocycles. The van der Waals surface area contributed by atoms with Gasteiger partial charge in [0, 0.05) is 32.1 Å². The van der Waals surface area contributed by atoms with Crippen LogP contribution in [0.3, 0.4) is 0 Å². The number of H-pyrrole nitrogens is 1. The number of rotatable bonds is 3. The molecule has 0 radical (unpaired) electrons. The second-order valence-corrected chi connectivity index (χ2v) is 5.03. The zero-order valence-corrected chi connectivity index (χ0v) is 9.74. The number of nitrogens with one attached hydrogen (secondary N) is 2. The smallest absolute Gasteiger partial charge is 0.244 e. The van der Waals surface area contributed by atoms with Crippen LogP contribution in [0.4, 0.5) is 5.95 Å². The highest BCUT2D eigenvalue weighted by Gasteiger charge is 2.24.